The summed E-state index contributed by atoms with van der Waals surface area (Å²) >= 11 is 0. The lowest BCUT2D eigenvalue weighted by Crippen LogP contribution is -2.52. The first-order valence-electron chi connectivity index (χ1n) is 8.44. The van der Waals surface area contributed by atoms with Crippen LogP contribution in [-0.4, -0.2) is 38.2 Å². The fourth-order valence-electron chi connectivity index (χ4n) is 3.06. The molecular formula is C18H29N3O2. The fraction of sp³-hybridized carbons (Fsp3) is 0.611. The molecule has 3 N–H and O–H groups in total. The van der Waals surface area contributed by atoms with Crippen molar-refractivity contribution < 1.29 is 9.53 Å². The number of hydrogen-bond acceptors (Lipinski definition) is 4. The van der Waals surface area contributed by atoms with E-state index in [4.69, 9.17) is 10.5 Å². The van der Waals surface area contributed by atoms with Gasteiger partial charge in [-0.1, -0.05) is 19.9 Å². The van der Waals surface area contributed by atoms with Crippen LogP contribution in [0.3, 0.4) is 0 Å². The Morgan fingerprint density at radius 1 is 1.48 bits per heavy atom. The predicted octanol–water partition coefficient (Wildman–Crippen LogP) is 2.15. The minimum absolute atomic E-state index is 0.0313. The summed E-state index contributed by atoms with van der Waals surface area (Å²) in [6.45, 7) is 5.97. The standard InChI is InChI=1S/C18H29N3O2/c1-13(2)10-17(19)18(22)20-14-6-5-9-21(12-14)15-7-4-8-16(11-15)23-3/h4,7-8,11,13-14,17H,5-6,9-10,12,19H2,1-3H3,(H,20,22)/t14?,17-/m0/s1. The van der Waals surface area contributed by atoms with E-state index in [2.05, 4.69) is 30.1 Å². The summed E-state index contributed by atoms with van der Waals surface area (Å²) in [4.78, 5) is 14.5. The van der Waals surface area contributed by atoms with E-state index in [9.17, 15) is 4.79 Å². The Morgan fingerprint density at radius 2 is 2.26 bits per heavy atom. The van der Waals surface area contributed by atoms with E-state index in [1.54, 1.807) is 7.11 Å². The summed E-state index contributed by atoms with van der Waals surface area (Å²) in [5, 5.41) is 3.12. The zero-order chi connectivity index (χ0) is 16.8. The summed E-state index contributed by atoms with van der Waals surface area (Å²) in [5.74, 6) is 1.25. The number of carbonyl (C=O) groups is 1. The molecule has 1 fully saturated rings. The van der Waals surface area contributed by atoms with Crippen LogP contribution in [0.15, 0.2) is 24.3 Å². The summed E-state index contributed by atoms with van der Waals surface area (Å²) in [5.41, 5.74) is 7.11. The van der Waals surface area contributed by atoms with E-state index >= 15 is 0 Å². The molecule has 2 atom stereocenters. The second-order valence-electron chi connectivity index (χ2n) is 6.73. The number of benzene rings is 1. The van der Waals surface area contributed by atoms with Crippen molar-refractivity contribution in [2.75, 3.05) is 25.1 Å². The molecule has 1 amide bonds. The van der Waals surface area contributed by atoms with Gasteiger partial charge in [0.2, 0.25) is 5.91 Å². The third-order valence-corrected chi connectivity index (χ3v) is 4.25. The van der Waals surface area contributed by atoms with E-state index < -0.39 is 6.04 Å². The summed E-state index contributed by atoms with van der Waals surface area (Å²) in [7, 11) is 1.68. The highest BCUT2D eigenvalue weighted by Crippen LogP contribution is 2.24. The van der Waals surface area contributed by atoms with Crippen molar-refractivity contribution in [2.24, 2.45) is 11.7 Å². The van der Waals surface area contributed by atoms with Gasteiger partial charge in [0.1, 0.15) is 5.75 Å². The highest BCUT2D eigenvalue weighted by atomic mass is 16.5. The molecule has 1 heterocycles. The summed E-state index contributed by atoms with van der Waals surface area (Å²) in [6, 6.07) is 7.79. The third-order valence-electron chi connectivity index (χ3n) is 4.25. The number of amides is 1. The van der Waals surface area contributed by atoms with Gasteiger partial charge in [0.05, 0.1) is 13.2 Å². The quantitative estimate of drug-likeness (QED) is 0.843. The lowest BCUT2D eigenvalue weighted by molar-refractivity contribution is -0.123. The average Bonchev–Trinajstić information content (AvgIpc) is 2.54. The Bertz CT molecular complexity index is 519. The Kier molecular flexibility index (Phi) is 6.28. The van der Waals surface area contributed by atoms with Crippen molar-refractivity contribution in [1.29, 1.82) is 0 Å². The molecule has 5 heteroatoms. The van der Waals surface area contributed by atoms with Gasteiger partial charge in [-0.15, -0.1) is 0 Å². The largest absolute Gasteiger partial charge is 0.497 e. The number of nitrogens with zero attached hydrogens (tertiary/aromatic N) is 1. The monoisotopic (exact) mass is 319 g/mol. The van der Waals surface area contributed by atoms with Gasteiger partial charge < -0.3 is 20.7 Å². The number of ether oxygens (including phenoxy) is 1. The highest BCUT2D eigenvalue weighted by molar-refractivity contribution is 5.81. The van der Waals surface area contributed by atoms with E-state index in [1.165, 1.54) is 0 Å². The van der Waals surface area contributed by atoms with Crippen LogP contribution in [0.4, 0.5) is 5.69 Å². The van der Waals surface area contributed by atoms with Crippen LogP contribution in [0.25, 0.3) is 0 Å². The van der Waals surface area contributed by atoms with Crippen molar-refractivity contribution in [2.45, 2.75) is 45.2 Å². The fourth-order valence-corrected chi connectivity index (χ4v) is 3.06. The molecule has 2 rings (SSSR count). The Balaban J connectivity index is 1.94. The van der Waals surface area contributed by atoms with E-state index in [1.807, 2.05) is 18.2 Å². The van der Waals surface area contributed by atoms with Crippen LogP contribution in [0, 0.1) is 5.92 Å². The van der Waals surface area contributed by atoms with Crippen LogP contribution >= 0.6 is 0 Å². The maximum absolute atomic E-state index is 12.2. The summed E-state index contributed by atoms with van der Waals surface area (Å²) in [6.07, 6.45) is 2.78. The Hall–Kier alpha value is -1.75. The zero-order valence-corrected chi connectivity index (χ0v) is 14.4. The molecule has 1 aromatic rings. The third kappa shape index (κ3) is 5.13. The number of anilines is 1. The van der Waals surface area contributed by atoms with Gasteiger partial charge in [-0.25, -0.2) is 0 Å². The minimum atomic E-state index is -0.415. The second-order valence-corrected chi connectivity index (χ2v) is 6.73. The molecule has 128 valence electrons. The lowest BCUT2D eigenvalue weighted by atomic mass is 10.0. The average molecular weight is 319 g/mol. The second kappa shape index (κ2) is 8.20. The first kappa shape index (κ1) is 17.6. The molecule has 5 nitrogen and oxygen atoms in total. The van der Waals surface area contributed by atoms with Crippen molar-refractivity contribution >= 4 is 11.6 Å². The Morgan fingerprint density at radius 3 is 2.96 bits per heavy atom. The first-order valence-corrected chi connectivity index (χ1v) is 8.44. The molecule has 0 aliphatic carbocycles. The molecule has 1 saturated heterocycles. The maximum atomic E-state index is 12.2. The van der Waals surface area contributed by atoms with Gasteiger partial charge in [-0.2, -0.15) is 0 Å². The molecule has 1 unspecified atom stereocenters. The van der Waals surface area contributed by atoms with E-state index in [0.29, 0.717) is 5.92 Å². The van der Waals surface area contributed by atoms with Gasteiger partial charge in [-0.05, 0) is 37.3 Å². The van der Waals surface area contributed by atoms with Gasteiger partial charge in [0, 0.05) is 30.9 Å². The highest BCUT2D eigenvalue weighted by Gasteiger charge is 2.24. The minimum Gasteiger partial charge on any atom is -0.497 e. The molecule has 1 aliphatic heterocycles. The van der Waals surface area contributed by atoms with Gasteiger partial charge in [0.25, 0.3) is 0 Å². The van der Waals surface area contributed by atoms with Crippen LogP contribution in [-0.2, 0) is 4.79 Å². The normalized spacial score (nSPS) is 19.5. The number of piperidine rings is 1. The van der Waals surface area contributed by atoms with Crippen molar-refractivity contribution in [1.82, 2.24) is 5.32 Å². The molecule has 0 spiro atoms. The molecule has 23 heavy (non-hydrogen) atoms. The predicted molar refractivity (Wildman–Crippen MR) is 93.8 cm³/mol. The van der Waals surface area contributed by atoms with E-state index in [0.717, 1.165) is 43.8 Å². The van der Waals surface area contributed by atoms with Gasteiger partial charge in [0.15, 0.2) is 0 Å². The molecule has 0 aromatic heterocycles. The van der Waals surface area contributed by atoms with Crippen molar-refractivity contribution in [3.05, 3.63) is 24.3 Å². The number of rotatable bonds is 6. The number of methoxy groups -OCH3 is 1. The lowest BCUT2D eigenvalue weighted by Gasteiger charge is -2.35. The molecule has 0 saturated carbocycles. The SMILES string of the molecule is COc1cccc(N2CCCC(NC(=O)[C@@H](N)CC(C)C)C2)c1. The smallest absolute Gasteiger partial charge is 0.237 e. The zero-order valence-electron chi connectivity index (χ0n) is 14.4. The Labute approximate surface area is 139 Å². The van der Waals surface area contributed by atoms with Gasteiger partial charge in [-0.3, -0.25) is 4.79 Å². The molecule has 0 bridgehead atoms. The van der Waals surface area contributed by atoms with Crippen LogP contribution in [0.5, 0.6) is 5.75 Å². The van der Waals surface area contributed by atoms with Crippen molar-refractivity contribution in [3.63, 3.8) is 0 Å². The molecular weight excluding hydrogens is 290 g/mol. The van der Waals surface area contributed by atoms with E-state index in [-0.39, 0.29) is 11.9 Å². The number of nitrogens with two attached hydrogens (primary N) is 1. The van der Waals surface area contributed by atoms with Crippen LogP contribution < -0.4 is 20.7 Å². The topological polar surface area (TPSA) is 67.6 Å². The molecule has 0 radical (unpaired) electrons. The molecule has 1 aliphatic rings. The van der Waals surface area contributed by atoms with Crippen molar-refractivity contribution in [3.8, 4) is 5.75 Å². The number of hydrogen-bond donors (Lipinski definition) is 2. The summed E-state index contributed by atoms with van der Waals surface area (Å²) < 4.78 is 5.29. The first-order chi connectivity index (χ1) is 11.0. The van der Waals surface area contributed by atoms with Crippen LogP contribution in [0.2, 0.25) is 0 Å². The van der Waals surface area contributed by atoms with Gasteiger partial charge >= 0.3 is 0 Å². The number of carbonyl (C=O) groups excluding carboxylic acids is 1. The van der Waals surface area contributed by atoms with Crippen LogP contribution in [0.1, 0.15) is 33.1 Å². The number of nitrogens with one attached hydrogen (secondary N) is 1. The maximum Gasteiger partial charge on any atom is 0.237 e. The molecule has 1 aromatic carbocycles.